The molecule has 0 aliphatic carbocycles. The molecule has 2 aromatic heterocycles. The maximum absolute atomic E-state index is 11.5. The fourth-order valence-electron chi connectivity index (χ4n) is 2.86. The Bertz CT molecular complexity index is 1080. The summed E-state index contributed by atoms with van der Waals surface area (Å²) in [6, 6.07) is 19.8. The van der Waals surface area contributed by atoms with Gasteiger partial charge in [-0.1, -0.05) is 60.7 Å². The molecule has 0 saturated heterocycles. The molecule has 5 nitrogen and oxygen atoms in total. The standard InChI is InChI=1S/C21H16N4O/c1-14(26)23-17-12-22-13-18-21(17)25-20(16-10-6-3-7-11-16)19(24-18)15-8-4-2-5-9-15/h2-13H,1H3,(H,23,26). The lowest BCUT2D eigenvalue weighted by Gasteiger charge is -2.12. The molecule has 0 unspecified atom stereocenters. The van der Waals surface area contributed by atoms with Crippen molar-refractivity contribution in [3.8, 4) is 22.5 Å². The van der Waals surface area contributed by atoms with Crippen LogP contribution < -0.4 is 5.32 Å². The molecule has 4 aromatic rings. The predicted molar refractivity (Wildman–Crippen MR) is 103 cm³/mol. The number of nitrogens with one attached hydrogen (secondary N) is 1. The van der Waals surface area contributed by atoms with E-state index in [2.05, 4.69) is 10.3 Å². The van der Waals surface area contributed by atoms with E-state index < -0.39 is 0 Å². The molecular formula is C21H16N4O. The van der Waals surface area contributed by atoms with Gasteiger partial charge in [0.25, 0.3) is 0 Å². The van der Waals surface area contributed by atoms with Crippen LogP contribution in [-0.4, -0.2) is 20.9 Å². The van der Waals surface area contributed by atoms with Gasteiger partial charge < -0.3 is 5.32 Å². The van der Waals surface area contributed by atoms with Gasteiger partial charge in [0.15, 0.2) is 0 Å². The number of hydrogen-bond donors (Lipinski definition) is 1. The maximum atomic E-state index is 11.5. The van der Waals surface area contributed by atoms with Gasteiger partial charge in [-0.3, -0.25) is 9.78 Å². The third-order valence-electron chi connectivity index (χ3n) is 3.98. The Morgan fingerprint density at radius 3 is 1.96 bits per heavy atom. The number of benzene rings is 2. The molecule has 0 fully saturated rings. The van der Waals surface area contributed by atoms with E-state index in [1.165, 1.54) is 6.92 Å². The van der Waals surface area contributed by atoms with Crippen LogP contribution in [0.2, 0.25) is 0 Å². The van der Waals surface area contributed by atoms with Crippen LogP contribution in [0, 0.1) is 0 Å². The zero-order valence-electron chi connectivity index (χ0n) is 14.2. The van der Waals surface area contributed by atoms with Crippen molar-refractivity contribution in [1.82, 2.24) is 15.0 Å². The third kappa shape index (κ3) is 3.02. The number of rotatable bonds is 3. The molecule has 0 aliphatic heterocycles. The highest BCUT2D eigenvalue weighted by Gasteiger charge is 2.15. The molecule has 1 amide bonds. The van der Waals surface area contributed by atoms with Gasteiger partial charge in [0.05, 0.1) is 29.5 Å². The normalized spacial score (nSPS) is 10.7. The number of carbonyl (C=O) groups is 1. The molecule has 0 atom stereocenters. The van der Waals surface area contributed by atoms with Crippen LogP contribution in [0.5, 0.6) is 0 Å². The van der Waals surface area contributed by atoms with E-state index in [4.69, 9.17) is 9.97 Å². The minimum Gasteiger partial charge on any atom is -0.323 e. The van der Waals surface area contributed by atoms with Gasteiger partial charge in [-0.05, 0) is 0 Å². The SMILES string of the molecule is CC(=O)Nc1cncc2nc(-c3ccccc3)c(-c3ccccc3)nc12. The average molecular weight is 340 g/mol. The highest BCUT2D eigenvalue weighted by atomic mass is 16.1. The number of pyridine rings is 1. The van der Waals surface area contributed by atoms with Gasteiger partial charge in [0.1, 0.15) is 11.0 Å². The van der Waals surface area contributed by atoms with Crippen molar-refractivity contribution < 1.29 is 4.79 Å². The molecule has 2 heterocycles. The van der Waals surface area contributed by atoms with Crippen LogP contribution in [0.1, 0.15) is 6.92 Å². The fourth-order valence-corrected chi connectivity index (χ4v) is 2.86. The van der Waals surface area contributed by atoms with Crippen LogP contribution >= 0.6 is 0 Å². The van der Waals surface area contributed by atoms with E-state index in [0.29, 0.717) is 16.7 Å². The van der Waals surface area contributed by atoms with E-state index >= 15 is 0 Å². The van der Waals surface area contributed by atoms with Crippen molar-refractivity contribution in [3.63, 3.8) is 0 Å². The number of fused-ring (bicyclic) bond motifs is 1. The van der Waals surface area contributed by atoms with Crippen molar-refractivity contribution in [2.24, 2.45) is 0 Å². The molecule has 26 heavy (non-hydrogen) atoms. The van der Waals surface area contributed by atoms with Crippen LogP contribution in [0.25, 0.3) is 33.5 Å². The van der Waals surface area contributed by atoms with E-state index in [1.807, 2.05) is 60.7 Å². The van der Waals surface area contributed by atoms with E-state index in [-0.39, 0.29) is 5.91 Å². The minimum atomic E-state index is -0.172. The smallest absolute Gasteiger partial charge is 0.221 e. The predicted octanol–water partition coefficient (Wildman–Crippen LogP) is 4.32. The maximum Gasteiger partial charge on any atom is 0.221 e. The summed E-state index contributed by atoms with van der Waals surface area (Å²) in [6.07, 6.45) is 3.25. The van der Waals surface area contributed by atoms with Gasteiger partial charge >= 0.3 is 0 Å². The Morgan fingerprint density at radius 1 is 0.808 bits per heavy atom. The van der Waals surface area contributed by atoms with Crippen LogP contribution in [0.3, 0.4) is 0 Å². The molecule has 2 aromatic carbocycles. The van der Waals surface area contributed by atoms with Crippen LogP contribution in [0.15, 0.2) is 73.1 Å². The molecular weight excluding hydrogens is 324 g/mol. The van der Waals surface area contributed by atoms with Gasteiger partial charge in [0, 0.05) is 18.1 Å². The highest BCUT2D eigenvalue weighted by Crippen LogP contribution is 2.32. The molecule has 126 valence electrons. The molecule has 0 spiro atoms. The summed E-state index contributed by atoms with van der Waals surface area (Å²) < 4.78 is 0. The largest absolute Gasteiger partial charge is 0.323 e. The lowest BCUT2D eigenvalue weighted by molar-refractivity contribution is -0.114. The first-order valence-electron chi connectivity index (χ1n) is 8.26. The lowest BCUT2D eigenvalue weighted by atomic mass is 10.0. The zero-order chi connectivity index (χ0) is 17.9. The van der Waals surface area contributed by atoms with Gasteiger partial charge in [-0.2, -0.15) is 0 Å². The van der Waals surface area contributed by atoms with Gasteiger partial charge in [0.2, 0.25) is 5.91 Å². The topological polar surface area (TPSA) is 67.8 Å². The van der Waals surface area contributed by atoms with E-state index in [9.17, 15) is 4.79 Å². The molecule has 0 aliphatic rings. The number of anilines is 1. The van der Waals surface area contributed by atoms with Crippen molar-refractivity contribution >= 4 is 22.6 Å². The summed E-state index contributed by atoms with van der Waals surface area (Å²) >= 11 is 0. The second kappa shape index (κ2) is 6.72. The Morgan fingerprint density at radius 2 is 1.38 bits per heavy atom. The van der Waals surface area contributed by atoms with Gasteiger partial charge in [-0.25, -0.2) is 9.97 Å². The molecule has 4 rings (SSSR count). The summed E-state index contributed by atoms with van der Waals surface area (Å²) in [5.74, 6) is -0.172. The Kier molecular flexibility index (Phi) is 4.11. The number of nitrogens with zero attached hydrogens (tertiary/aromatic N) is 3. The van der Waals surface area contributed by atoms with Crippen LogP contribution in [0.4, 0.5) is 5.69 Å². The van der Waals surface area contributed by atoms with Crippen molar-refractivity contribution in [1.29, 1.82) is 0 Å². The zero-order valence-corrected chi connectivity index (χ0v) is 14.2. The first-order chi connectivity index (χ1) is 12.7. The summed E-state index contributed by atoms with van der Waals surface area (Å²) in [5, 5.41) is 2.78. The molecule has 1 N–H and O–H groups in total. The van der Waals surface area contributed by atoms with Crippen molar-refractivity contribution in [3.05, 3.63) is 73.1 Å². The van der Waals surface area contributed by atoms with E-state index in [0.717, 1.165) is 22.5 Å². The fraction of sp³-hybridized carbons (Fsp3) is 0.0476. The first-order valence-corrected chi connectivity index (χ1v) is 8.26. The van der Waals surface area contributed by atoms with Crippen molar-refractivity contribution in [2.45, 2.75) is 6.92 Å². The quantitative estimate of drug-likeness (QED) is 0.603. The third-order valence-corrected chi connectivity index (χ3v) is 3.98. The highest BCUT2D eigenvalue weighted by molar-refractivity contribution is 5.99. The lowest BCUT2D eigenvalue weighted by Crippen LogP contribution is -2.08. The minimum absolute atomic E-state index is 0.172. The number of aromatic nitrogens is 3. The number of carbonyl (C=O) groups excluding carboxylic acids is 1. The van der Waals surface area contributed by atoms with Crippen molar-refractivity contribution in [2.75, 3.05) is 5.32 Å². The average Bonchev–Trinajstić information content (AvgIpc) is 2.68. The second-order valence-electron chi connectivity index (χ2n) is 5.89. The first kappa shape index (κ1) is 15.9. The summed E-state index contributed by atoms with van der Waals surface area (Å²) in [5.41, 5.74) is 5.30. The van der Waals surface area contributed by atoms with Gasteiger partial charge in [-0.15, -0.1) is 0 Å². The summed E-state index contributed by atoms with van der Waals surface area (Å²) in [6.45, 7) is 1.46. The van der Waals surface area contributed by atoms with Crippen LogP contribution in [-0.2, 0) is 4.79 Å². The summed E-state index contributed by atoms with van der Waals surface area (Å²) in [7, 11) is 0. The molecule has 0 radical (unpaired) electrons. The number of amides is 1. The molecule has 0 bridgehead atoms. The Labute approximate surface area is 150 Å². The summed E-state index contributed by atoms with van der Waals surface area (Å²) in [4.78, 5) is 25.4. The second-order valence-corrected chi connectivity index (χ2v) is 5.89. The molecule has 0 saturated carbocycles. The number of hydrogen-bond acceptors (Lipinski definition) is 4. The van der Waals surface area contributed by atoms with E-state index in [1.54, 1.807) is 12.4 Å². The Hall–Kier alpha value is -3.60. The molecule has 5 heteroatoms. The monoisotopic (exact) mass is 340 g/mol. The Balaban J connectivity index is 2.02.